The van der Waals surface area contributed by atoms with E-state index in [1.54, 1.807) is 0 Å². The molecule has 1 aromatic rings. The van der Waals surface area contributed by atoms with Gasteiger partial charge in [-0.1, -0.05) is 0 Å². The Kier molecular flexibility index (Phi) is 6.28. The first-order valence-electron chi connectivity index (χ1n) is 8.60. The van der Waals surface area contributed by atoms with E-state index in [9.17, 15) is 4.79 Å². The smallest absolute Gasteiger partial charge is 0.278 e. The third kappa shape index (κ3) is 5.13. The molecular formula is C18H29N2O3+. The molecule has 128 valence electrons. The van der Waals surface area contributed by atoms with Gasteiger partial charge in [-0.3, -0.25) is 4.79 Å². The van der Waals surface area contributed by atoms with E-state index in [-0.39, 0.29) is 18.0 Å². The molecule has 1 amide bonds. The van der Waals surface area contributed by atoms with Gasteiger partial charge in [-0.15, -0.1) is 0 Å². The Balaban J connectivity index is 2.00. The summed E-state index contributed by atoms with van der Waals surface area (Å²) in [6.07, 6.45) is 2.23. The van der Waals surface area contributed by atoms with Gasteiger partial charge in [0, 0.05) is 11.6 Å². The Bertz CT molecular complexity index is 529. The van der Waals surface area contributed by atoms with Crippen LogP contribution < -0.4 is 20.1 Å². The summed E-state index contributed by atoms with van der Waals surface area (Å²) >= 11 is 0. The maximum atomic E-state index is 12.1. The number of hydrogen-bond donors (Lipinski definition) is 2. The average Bonchev–Trinajstić information content (AvgIpc) is 3.33. The summed E-state index contributed by atoms with van der Waals surface area (Å²) in [5.74, 6) is 1.65. The number of quaternary nitrogens is 1. The van der Waals surface area contributed by atoms with Gasteiger partial charge in [0.05, 0.1) is 13.2 Å². The molecule has 0 bridgehead atoms. The fraction of sp³-hybridized carbons (Fsp3) is 0.611. The van der Waals surface area contributed by atoms with E-state index in [0.29, 0.717) is 19.3 Å². The molecule has 1 saturated carbocycles. The molecule has 0 saturated heterocycles. The van der Waals surface area contributed by atoms with Crippen LogP contribution in [-0.2, 0) is 4.79 Å². The van der Waals surface area contributed by atoms with Crippen LogP contribution in [0.15, 0.2) is 18.2 Å². The number of ether oxygens (including phenoxy) is 2. The average molecular weight is 321 g/mol. The standard InChI is InChI=1S/C18H28N2O3/c1-5-22-16-10-7-14(11-17(16)23-6-2)12(3)19-13(4)18(21)20-15-8-9-15/h7,10-13,15,19H,5-6,8-9H2,1-4H3,(H,20,21)/p+1/t12-,13+/m1/s1. The van der Waals surface area contributed by atoms with E-state index in [0.717, 1.165) is 29.9 Å². The predicted octanol–water partition coefficient (Wildman–Crippen LogP) is 1.78. The van der Waals surface area contributed by atoms with Gasteiger partial charge in [-0.2, -0.15) is 0 Å². The second-order valence-corrected chi connectivity index (χ2v) is 6.12. The highest BCUT2D eigenvalue weighted by molar-refractivity contribution is 5.80. The second-order valence-electron chi connectivity index (χ2n) is 6.12. The van der Waals surface area contributed by atoms with Crippen molar-refractivity contribution in [2.45, 2.75) is 58.7 Å². The molecule has 3 N–H and O–H groups in total. The lowest BCUT2D eigenvalue weighted by atomic mass is 10.1. The number of carbonyl (C=O) groups is 1. The minimum atomic E-state index is -0.104. The Morgan fingerprint density at radius 2 is 1.87 bits per heavy atom. The van der Waals surface area contributed by atoms with Crippen molar-refractivity contribution in [3.8, 4) is 11.5 Å². The first kappa shape index (κ1) is 17.6. The van der Waals surface area contributed by atoms with Gasteiger partial charge in [-0.05, 0) is 58.7 Å². The van der Waals surface area contributed by atoms with Crippen molar-refractivity contribution in [3.05, 3.63) is 23.8 Å². The van der Waals surface area contributed by atoms with Gasteiger partial charge in [0.15, 0.2) is 17.5 Å². The lowest BCUT2D eigenvalue weighted by Crippen LogP contribution is -2.92. The minimum Gasteiger partial charge on any atom is -0.490 e. The van der Waals surface area contributed by atoms with Crippen LogP contribution in [0.3, 0.4) is 0 Å². The molecule has 0 unspecified atom stereocenters. The molecular weight excluding hydrogens is 292 g/mol. The molecule has 2 atom stereocenters. The van der Waals surface area contributed by atoms with Crippen LogP contribution in [0.2, 0.25) is 0 Å². The maximum Gasteiger partial charge on any atom is 0.278 e. The van der Waals surface area contributed by atoms with E-state index < -0.39 is 0 Å². The van der Waals surface area contributed by atoms with Gasteiger partial charge in [0.25, 0.3) is 5.91 Å². The number of nitrogens with one attached hydrogen (secondary N) is 1. The third-order valence-corrected chi connectivity index (χ3v) is 4.01. The molecule has 0 aliphatic heterocycles. The van der Waals surface area contributed by atoms with Crippen LogP contribution in [0.25, 0.3) is 0 Å². The van der Waals surface area contributed by atoms with Crippen LogP contribution in [0.5, 0.6) is 11.5 Å². The Morgan fingerprint density at radius 1 is 1.22 bits per heavy atom. The lowest BCUT2D eigenvalue weighted by Gasteiger charge is -2.18. The first-order chi connectivity index (χ1) is 11.0. The van der Waals surface area contributed by atoms with Gasteiger partial charge in [0.1, 0.15) is 6.04 Å². The van der Waals surface area contributed by atoms with Crippen molar-refractivity contribution in [3.63, 3.8) is 0 Å². The topological polar surface area (TPSA) is 64.2 Å². The van der Waals surface area contributed by atoms with Gasteiger partial charge >= 0.3 is 0 Å². The van der Waals surface area contributed by atoms with Crippen LogP contribution in [0.4, 0.5) is 0 Å². The van der Waals surface area contributed by atoms with Crippen LogP contribution in [0, 0.1) is 0 Å². The molecule has 0 spiro atoms. The zero-order chi connectivity index (χ0) is 16.8. The summed E-state index contributed by atoms with van der Waals surface area (Å²) < 4.78 is 11.3. The number of amides is 1. The number of nitrogens with two attached hydrogens (primary N) is 1. The van der Waals surface area contributed by atoms with E-state index in [1.165, 1.54) is 0 Å². The molecule has 0 heterocycles. The number of carbonyl (C=O) groups excluding carboxylic acids is 1. The molecule has 0 aromatic heterocycles. The second kappa shape index (κ2) is 8.20. The summed E-state index contributed by atoms with van der Waals surface area (Å²) in [5, 5.41) is 5.14. The molecule has 23 heavy (non-hydrogen) atoms. The molecule has 1 aliphatic rings. The highest BCUT2D eigenvalue weighted by Crippen LogP contribution is 2.30. The van der Waals surface area contributed by atoms with E-state index in [2.05, 4.69) is 17.6 Å². The maximum absolute atomic E-state index is 12.1. The molecule has 5 nitrogen and oxygen atoms in total. The Hall–Kier alpha value is -1.75. The van der Waals surface area contributed by atoms with Crippen LogP contribution in [0.1, 0.15) is 52.1 Å². The van der Waals surface area contributed by atoms with Gasteiger partial charge < -0.3 is 20.1 Å². The van der Waals surface area contributed by atoms with Gasteiger partial charge in [-0.25, -0.2) is 0 Å². The monoisotopic (exact) mass is 321 g/mol. The normalized spacial score (nSPS) is 16.5. The quantitative estimate of drug-likeness (QED) is 0.729. The van der Waals surface area contributed by atoms with E-state index in [1.807, 2.05) is 39.0 Å². The fourth-order valence-electron chi connectivity index (χ4n) is 2.54. The van der Waals surface area contributed by atoms with Crippen molar-refractivity contribution in [1.82, 2.24) is 5.32 Å². The summed E-state index contributed by atoms with van der Waals surface area (Å²) in [6.45, 7) is 9.18. The SMILES string of the molecule is CCOc1ccc([C@@H](C)[NH2+][C@@H](C)C(=O)NC2CC2)cc1OCC. The van der Waals surface area contributed by atoms with E-state index >= 15 is 0 Å². The zero-order valence-electron chi connectivity index (χ0n) is 14.6. The zero-order valence-corrected chi connectivity index (χ0v) is 14.6. The third-order valence-electron chi connectivity index (χ3n) is 4.01. The van der Waals surface area contributed by atoms with Crippen molar-refractivity contribution >= 4 is 5.91 Å². The molecule has 0 radical (unpaired) electrons. The van der Waals surface area contributed by atoms with Crippen LogP contribution >= 0.6 is 0 Å². The predicted molar refractivity (Wildman–Crippen MR) is 89.7 cm³/mol. The largest absolute Gasteiger partial charge is 0.490 e. The Morgan fingerprint density at radius 3 is 2.48 bits per heavy atom. The fourth-order valence-corrected chi connectivity index (χ4v) is 2.54. The first-order valence-corrected chi connectivity index (χ1v) is 8.60. The molecule has 1 aliphatic carbocycles. The minimum absolute atomic E-state index is 0.104. The van der Waals surface area contributed by atoms with Crippen molar-refractivity contribution in [2.75, 3.05) is 13.2 Å². The molecule has 2 rings (SSSR count). The number of rotatable bonds is 9. The summed E-state index contributed by atoms with van der Waals surface area (Å²) in [6, 6.07) is 6.48. The molecule has 5 heteroatoms. The highest BCUT2D eigenvalue weighted by Gasteiger charge is 2.28. The van der Waals surface area contributed by atoms with Crippen LogP contribution in [-0.4, -0.2) is 31.2 Å². The number of hydrogen-bond acceptors (Lipinski definition) is 3. The number of benzene rings is 1. The Labute approximate surface area is 138 Å². The molecule has 1 aromatic carbocycles. The van der Waals surface area contributed by atoms with Crippen molar-refractivity contribution in [1.29, 1.82) is 0 Å². The lowest BCUT2D eigenvalue weighted by molar-refractivity contribution is -0.710. The van der Waals surface area contributed by atoms with E-state index in [4.69, 9.17) is 9.47 Å². The van der Waals surface area contributed by atoms with Crippen molar-refractivity contribution < 1.29 is 19.6 Å². The highest BCUT2D eigenvalue weighted by atomic mass is 16.5. The summed E-state index contributed by atoms with van der Waals surface area (Å²) in [5.41, 5.74) is 1.13. The van der Waals surface area contributed by atoms with Crippen molar-refractivity contribution in [2.24, 2.45) is 0 Å². The molecule has 1 fully saturated rings. The summed E-state index contributed by atoms with van der Waals surface area (Å²) in [4.78, 5) is 12.1. The van der Waals surface area contributed by atoms with Gasteiger partial charge in [0.2, 0.25) is 0 Å². The summed E-state index contributed by atoms with van der Waals surface area (Å²) in [7, 11) is 0.